The number of allylic oxidation sites excluding steroid dienone is 6. The minimum Gasteiger partial charge on any atom is -0.469 e. The summed E-state index contributed by atoms with van der Waals surface area (Å²) in [5.41, 5.74) is -0.483. The first-order valence-electron chi connectivity index (χ1n) is 24.0. The van der Waals surface area contributed by atoms with Crippen LogP contribution in [0.25, 0.3) is 0 Å². The second-order valence-corrected chi connectivity index (χ2v) is 20.7. The molecule has 0 saturated carbocycles. The van der Waals surface area contributed by atoms with Gasteiger partial charge in [-0.2, -0.15) is 0 Å². The number of aliphatic imine (C=N–C) groups is 3. The fraction of sp³-hybridized carbons (Fsp3) is 0.692. The fourth-order valence-electron chi connectivity index (χ4n) is 12.3. The van der Waals surface area contributed by atoms with Crippen LogP contribution in [0.5, 0.6) is 0 Å². The molecule has 1 unspecified atom stereocenters. The van der Waals surface area contributed by atoms with Crippen molar-refractivity contribution in [1.82, 2.24) is 5.32 Å². The lowest BCUT2D eigenvalue weighted by atomic mass is 9.55. The lowest BCUT2D eigenvalue weighted by Gasteiger charge is -2.48. The van der Waals surface area contributed by atoms with Crippen molar-refractivity contribution >= 4 is 58.9 Å². The van der Waals surface area contributed by atoms with E-state index in [1.807, 2.05) is 47.6 Å². The van der Waals surface area contributed by atoms with Crippen LogP contribution in [-0.2, 0) is 66.7 Å². The summed E-state index contributed by atoms with van der Waals surface area (Å²) < 4.78 is 36.8. The number of ether oxygens (including phenoxy) is 7. The smallest absolute Gasteiger partial charge is 0.306 e. The van der Waals surface area contributed by atoms with Crippen molar-refractivity contribution in [2.75, 3.05) is 49.8 Å². The summed E-state index contributed by atoms with van der Waals surface area (Å²) >= 11 is 0. The number of carbonyl (C=O) groups excluding carboxylic acids is 7. The molecule has 18 nitrogen and oxygen atoms in total. The maximum Gasteiger partial charge on any atom is 0.306 e. The summed E-state index contributed by atoms with van der Waals surface area (Å²) in [5.74, 6) is -5.67. The average Bonchev–Trinajstić information content (AvgIpc) is 3.95. The number of hydrogen-bond acceptors (Lipinski definition) is 18. The maximum absolute atomic E-state index is 14.0. The molecule has 0 aliphatic carbocycles. The van der Waals surface area contributed by atoms with Gasteiger partial charge in [0.15, 0.2) is 0 Å². The molecular formula is C52H74N4O14. The molecule has 0 aromatic carbocycles. The molecule has 0 amide bonds. The zero-order chi connectivity index (χ0) is 52.3. The zero-order valence-electron chi connectivity index (χ0n) is 43.8. The Morgan fingerprint density at radius 3 is 1.60 bits per heavy atom. The summed E-state index contributed by atoms with van der Waals surface area (Å²) in [6, 6.07) is -0.888. The third kappa shape index (κ3) is 9.97. The van der Waals surface area contributed by atoms with E-state index in [0.29, 0.717) is 51.8 Å². The van der Waals surface area contributed by atoms with Crippen LogP contribution in [-0.4, -0.2) is 120 Å². The van der Waals surface area contributed by atoms with Gasteiger partial charge in [-0.3, -0.25) is 48.5 Å². The van der Waals surface area contributed by atoms with Gasteiger partial charge in [-0.05, 0) is 63.7 Å². The SMILES string of the molecule is COC(=O)CC[C@@H]1/C2=C(\C)C3=NC([C@H](CC(=O)OC)[C@@]3(C)CCC(=O)OC)[C@]3(C)N=C(/C(C)=C4\N/C(=C\C(=N2)C1(C)C)[C@@H](CCC(=O)OC)[C@]4(C)CC(=O)OC)[C@@H](CCC(=O)OC)[C@]3(C)CC(=O)OC. The van der Waals surface area contributed by atoms with Gasteiger partial charge in [0.05, 0.1) is 80.6 Å². The maximum atomic E-state index is 14.0. The summed E-state index contributed by atoms with van der Waals surface area (Å²) in [4.78, 5) is 111. The fourth-order valence-corrected chi connectivity index (χ4v) is 12.3. The summed E-state index contributed by atoms with van der Waals surface area (Å²) in [5, 5.41) is 3.73. The van der Waals surface area contributed by atoms with Crippen LogP contribution in [0.15, 0.2) is 49.3 Å². The minimum atomic E-state index is -1.37. The molecule has 5 heterocycles. The highest BCUT2D eigenvalue weighted by Crippen LogP contribution is 2.62. The van der Waals surface area contributed by atoms with Crippen molar-refractivity contribution in [2.45, 2.75) is 138 Å². The van der Waals surface area contributed by atoms with Gasteiger partial charge in [0.1, 0.15) is 0 Å². The van der Waals surface area contributed by atoms with Crippen LogP contribution in [0.1, 0.15) is 126 Å². The lowest BCUT2D eigenvalue weighted by Crippen LogP contribution is -2.55. The van der Waals surface area contributed by atoms with E-state index in [-0.39, 0.29) is 64.2 Å². The van der Waals surface area contributed by atoms with E-state index >= 15 is 0 Å². The average molecular weight is 979 g/mol. The van der Waals surface area contributed by atoms with Crippen molar-refractivity contribution < 1.29 is 66.7 Å². The largest absolute Gasteiger partial charge is 0.469 e. The Morgan fingerprint density at radius 1 is 0.586 bits per heavy atom. The van der Waals surface area contributed by atoms with E-state index < -0.39 is 98.7 Å². The number of methoxy groups -OCH3 is 7. The molecule has 0 radical (unpaired) electrons. The Labute approximate surface area is 411 Å². The van der Waals surface area contributed by atoms with Crippen molar-refractivity contribution in [2.24, 2.45) is 60.3 Å². The van der Waals surface area contributed by atoms with Crippen molar-refractivity contribution in [3.63, 3.8) is 0 Å². The van der Waals surface area contributed by atoms with Crippen molar-refractivity contribution in [3.8, 4) is 0 Å². The topological polar surface area (TPSA) is 233 Å². The van der Waals surface area contributed by atoms with E-state index in [0.717, 1.165) is 0 Å². The highest BCUT2D eigenvalue weighted by molar-refractivity contribution is 6.10. The third-order valence-corrected chi connectivity index (χ3v) is 16.8. The molecule has 0 aromatic rings. The molecule has 0 spiro atoms. The normalized spacial score (nSPS) is 33.4. The molecule has 1 fully saturated rings. The first kappa shape index (κ1) is 55.2. The van der Waals surface area contributed by atoms with Gasteiger partial charge in [0.25, 0.3) is 0 Å². The van der Waals surface area contributed by atoms with Gasteiger partial charge in [-0.25, -0.2) is 0 Å². The van der Waals surface area contributed by atoms with Gasteiger partial charge in [0.2, 0.25) is 0 Å². The quantitative estimate of drug-likeness (QED) is 0.113. The molecule has 18 heteroatoms. The molecule has 9 atom stereocenters. The molecule has 5 aliphatic rings. The molecule has 386 valence electrons. The number of hydrogen-bond donors (Lipinski definition) is 1. The van der Waals surface area contributed by atoms with Crippen LogP contribution in [0.4, 0.5) is 0 Å². The Hall–Kier alpha value is -5.68. The van der Waals surface area contributed by atoms with E-state index in [4.69, 9.17) is 48.1 Å². The van der Waals surface area contributed by atoms with Crippen molar-refractivity contribution in [1.29, 1.82) is 0 Å². The minimum absolute atomic E-state index is 0.0103. The van der Waals surface area contributed by atoms with Crippen LogP contribution in [0, 0.1) is 45.3 Å². The Morgan fingerprint density at radius 2 is 1.07 bits per heavy atom. The van der Waals surface area contributed by atoms with Crippen molar-refractivity contribution in [3.05, 3.63) is 34.3 Å². The Bertz CT molecular complexity index is 2340. The number of nitrogens with zero attached hydrogens (tertiary/aromatic N) is 3. The molecule has 5 aliphatic heterocycles. The summed E-state index contributed by atoms with van der Waals surface area (Å²) in [6.07, 6.45) is 2.42. The Balaban J connectivity index is 2.05. The highest BCUT2D eigenvalue weighted by Gasteiger charge is 2.66. The van der Waals surface area contributed by atoms with Gasteiger partial charge in [-0.1, -0.05) is 34.6 Å². The van der Waals surface area contributed by atoms with E-state index in [1.165, 1.54) is 49.8 Å². The number of rotatable bonds is 18. The molecule has 5 rings (SSSR count). The first-order valence-corrected chi connectivity index (χ1v) is 24.0. The molecule has 0 aromatic heterocycles. The highest BCUT2D eigenvalue weighted by atomic mass is 16.5. The molecule has 8 bridgehead atoms. The predicted molar refractivity (Wildman–Crippen MR) is 258 cm³/mol. The monoisotopic (exact) mass is 979 g/mol. The summed E-state index contributed by atoms with van der Waals surface area (Å²) in [6.45, 7) is 15.7. The third-order valence-electron chi connectivity index (χ3n) is 16.8. The van der Waals surface area contributed by atoms with Crippen LogP contribution in [0.2, 0.25) is 0 Å². The number of nitrogens with one attached hydrogen (secondary N) is 1. The number of esters is 7. The predicted octanol–water partition coefficient (Wildman–Crippen LogP) is 6.54. The molecular weight excluding hydrogens is 905 g/mol. The van der Waals surface area contributed by atoms with Gasteiger partial charge < -0.3 is 38.5 Å². The second kappa shape index (κ2) is 21.4. The molecule has 1 saturated heterocycles. The second-order valence-electron chi connectivity index (χ2n) is 20.7. The standard InChI is InChI=1S/C52H74N4O14/c1-28-43-31(17-20-37(58)65-10)48(3,4)35(54-43)25-34-30(16-19-36(57)64-9)50(6,26-41(62)69-14)46(53-34)29(2)44-32(18-21-38(59)66-11)51(7,27-42(63)70-15)52(8,56-44)47-33(24-40(61)68-13)49(5,45(28)55-47)23-22-39(60)67-12/h25,30-33,47,53H,16-24,26-27H2,1-15H3/b34-25-,43-28-,46-29-/t30-,31-,32-,33+,47?,49-,50+,51+,52+/m1/s1. The van der Waals surface area contributed by atoms with Gasteiger partial charge >= 0.3 is 41.8 Å². The first-order chi connectivity index (χ1) is 32.8. The van der Waals surface area contributed by atoms with Crippen LogP contribution >= 0.6 is 0 Å². The molecule has 1 N–H and O–H groups in total. The Kier molecular flexibility index (Phi) is 16.9. The number of fused-ring (bicyclic) bond motifs is 6. The number of carbonyl (C=O) groups is 7. The zero-order valence-corrected chi connectivity index (χ0v) is 43.8. The van der Waals surface area contributed by atoms with E-state index in [1.54, 1.807) is 0 Å². The summed E-state index contributed by atoms with van der Waals surface area (Å²) in [7, 11) is 9.21. The van der Waals surface area contributed by atoms with Gasteiger partial charge in [-0.15, -0.1) is 0 Å². The van der Waals surface area contributed by atoms with Gasteiger partial charge in [0, 0.05) is 105 Å². The molecule has 70 heavy (non-hydrogen) atoms. The van der Waals surface area contributed by atoms with Crippen LogP contribution in [0.3, 0.4) is 0 Å². The lowest BCUT2D eigenvalue weighted by molar-refractivity contribution is -0.147. The van der Waals surface area contributed by atoms with E-state index in [2.05, 4.69) is 19.2 Å². The van der Waals surface area contributed by atoms with E-state index in [9.17, 15) is 33.6 Å². The van der Waals surface area contributed by atoms with Crippen LogP contribution < -0.4 is 5.32 Å².